The molecular weight excluding hydrogens is 482 g/mol. The number of hydrogen-bond acceptors (Lipinski definition) is 5. The molecule has 36 heavy (non-hydrogen) atoms. The third-order valence-corrected chi connectivity index (χ3v) is 9.12. The summed E-state index contributed by atoms with van der Waals surface area (Å²) in [6, 6.07) is 15.7. The number of anilines is 1. The van der Waals surface area contributed by atoms with Crippen molar-refractivity contribution in [3.05, 3.63) is 76.4 Å². The van der Waals surface area contributed by atoms with Crippen molar-refractivity contribution in [2.45, 2.75) is 81.1 Å². The largest absolute Gasteiger partial charge is 0.321 e. The maximum atomic E-state index is 13.0. The van der Waals surface area contributed by atoms with Crippen LogP contribution in [0.25, 0.3) is 10.2 Å². The van der Waals surface area contributed by atoms with E-state index >= 15 is 0 Å². The van der Waals surface area contributed by atoms with Gasteiger partial charge in [0.2, 0.25) is 0 Å². The van der Waals surface area contributed by atoms with Gasteiger partial charge >= 0.3 is 0 Å². The minimum atomic E-state index is -0.0977. The van der Waals surface area contributed by atoms with Gasteiger partial charge in [-0.3, -0.25) is 4.79 Å². The Hall–Kier alpha value is -2.70. The van der Waals surface area contributed by atoms with E-state index in [1.807, 2.05) is 60.7 Å². The van der Waals surface area contributed by atoms with Crippen molar-refractivity contribution in [2.75, 3.05) is 5.32 Å². The van der Waals surface area contributed by atoms with Crippen LogP contribution in [0.2, 0.25) is 0 Å². The zero-order valence-corrected chi connectivity index (χ0v) is 22.5. The van der Waals surface area contributed by atoms with E-state index in [4.69, 9.17) is 4.98 Å². The predicted octanol–water partition coefficient (Wildman–Crippen LogP) is 8.62. The van der Waals surface area contributed by atoms with Gasteiger partial charge in [0.15, 0.2) is 0 Å². The molecule has 0 saturated heterocycles. The van der Waals surface area contributed by atoms with Gasteiger partial charge in [-0.2, -0.15) is 0 Å². The lowest BCUT2D eigenvalue weighted by Crippen LogP contribution is -2.12. The molecule has 0 saturated carbocycles. The fourth-order valence-corrected chi connectivity index (χ4v) is 7.24. The molecule has 2 aromatic heterocycles. The fraction of sp³-hybridized carbons (Fsp3) is 0.367. The molecule has 0 aliphatic heterocycles. The summed E-state index contributed by atoms with van der Waals surface area (Å²) in [5.74, 6) is -0.0977. The monoisotopic (exact) mass is 515 g/mol. The first-order valence-corrected chi connectivity index (χ1v) is 14.7. The van der Waals surface area contributed by atoms with E-state index in [2.05, 4.69) is 16.4 Å². The average Bonchev–Trinajstić information content (AvgIpc) is 3.23. The first-order valence-electron chi connectivity index (χ1n) is 13.1. The van der Waals surface area contributed by atoms with Crippen molar-refractivity contribution in [3.63, 3.8) is 0 Å². The summed E-state index contributed by atoms with van der Waals surface area (Å²) in [6.45, 7) is 2.00. The highest BCUT2D eigenvalue weighted by molar-refractivity contribution is 7.99. The minimum absolute atomic E-state index is 0.0977. The SMILES string of the molecule is Cc1cccc(C(=O)Nc2ccccc2Sc2ncnc3sc4c(c23)CCCCCCCCCC4)c1. The fourth-order valence-electron chi connectivity index (χ4n) is 4.94. The number of aryl methyl sites for hydroxylation is 3. The van der Waals surface area contributed by atoms with E-state index in [1.54, 1.807) is 18.1 Å². The molecule has 0 fully saturated rings. The zero-order chi connectivity index (χ0) is 24.7. The molecule has 6 heteroatoms. The van der Waals surface area contributed by atoms with Crippen LogP contribution in [0, 0.1) is 6.92 Å². The molecule has 4 aromatic rings. The number of nitrogens with one attached hydrogen (secondary N) is 1. The van der Waals surface area contributed by atoms with Gasteiger partial charge < -0.3 is 5.32 Å². The summed E-state index contributed by atoms with van der Waals surface area (Å²) in [5.41, 5.74) is 4.00. The lowest BCUT2D eigenvalue weighted by molar-refractivity contribution is 0.102. The van der Waals surface area contributed by atoms with Gasteiger partial charge in [0.1, 0.15) is 16.2 Å². The van der Waals surface area contributed by atoms with Crippen LogP contribution in [-0.2, 0) is 12.8 Å². The number of carbonyl (C=O) groups excluding carboxylic acids is 1. The molecule has 1 amide bonds. The van der Waals surface area contributed by atoms with Gasteiger partial charge in [0.05, 0.1) is 5.69 Å². The summed E-state index contributed by atoms with van der Waals surface area (Å²) in [6.07, 6.45) is 14.5. The van der Waals surface area contributed by atoms with E-state index in [-0.39, 0.29) is 5.91 Å². The van der Waals surface area contributed by atoms with Crippen LogP contribution in [-0.4, -0.2) is 15.9 Å². The molecule has 0 atom stereocenters. The van der Waals surface area contributed by atoms with Gasteiger partial charge in [0, 0.05) is 20.7 Å². The number of para-hydroxylation sites is 1. The van der Waals surface area contributed by atoms with Gasteiger partial charge in [-0.15, -0.1) is 11.3 Å². The first-order chi connectivity index (χ1) is 17.7. The number of fused-ring (bicyclic) bond motifs is 3. The number of rotatable bonds is 4. The number of amides is 1. The highest BCUT2D eigenvalue weighted by Crippen LogP contribution is 2.41. The van der Waals surface area contributed by atoms with Crippen LogP contribution in [0.4, 0.5) is 5.69 Å². The molecule has 1 aliphatic rings. The summed E-state index contributed by atoms with van der Waals surface area (Å²) in [5, 5.41) is 5.33. The maximum Gasteiger partial charge on any atom is 0.255 e. The molecule has 186 valence electrons. The highest BCUT2D eigenvalue weighted by atomic mass is 32.2. The van der Waals surface area contributed by atoms with Crippen molar-refractivity contribution >= 4 is 44.9 Å². The van der Waals surface area contributed by atoms with E-state index in [9.17, 15) is 4.79 Å². The third-order valence-electron chi connectivity index (χ3n) is 6.84. The third kappa shape index (κ3) is 5.98. The summed E-state index contributed by atoms with van der Waals surface area (Å²) >= 11 is 3.49. The zero-order valence-electron chi connectivity index (χ0n) is 20.9. The molecule has 0 spiro atoms. The van der Waals surface area contributed by atoms with Crippen molar-refractivity contribution in [3.8, 4) is 0 Å². The number of thiophene rings is 1. The van der Waals surface area contributed by atoms with Crippen molar-refractivity contribution in [2.24, 2.45) is 0 Å². The summed E-state index contributed by atoms with van der Waals surface area (Å²) in [4.78, 5) is 26.0. The van der Waals surface area contributed by atoms with E-state index in [0.717, 1.165) is 38.8 Å². The Bertz CT molecular complexity index is 1350. The lowest BCUT2D eigenvalue weighted by Gasteiger charge is -2.12. The smallest absolute Gasteiger partial charge is 0.255 e. The van der Waals surface area contributed by atoms with Gasteiger partial charge in [-0.25, -0.2) is 9.97 Å². The van der Waals surface area contributed by atoms with Crippen LogP contribution in [0.3, 0.4) is 0 Å². The normalized spacial score (nSPS) is 15.0. The van der Waals surface area contributed by atoms with Gasteiger partial charge in [-0.05, 0) is 62.4 Å². The second-order valence-corrected chi connectivity index (χ2v) is 11.7. The summed E-state index contributed by atoms with van der Waals surface area (Å²) in [7, 11) is 0. The Morgan fingerprint density at radius 2 is 1.64 bits per heavy atom. The Kier molecular flexibility index (Phi) is 8.34. The molecule has 4 nitrogen and oxygen atoms in total. The highest BCUT2D eigenvalue weighted by Gasteiger charge is 2.19. The van der Waals surface area contributed by atoms with E-state index in [1.165, 1.54) is 67.2 Å². The van der Waals surface area contributed by atoms with Crippen molar-refractivity contribution in [1.29, 1.82) is 0 Å². The van der Waals surface area contributed by atoms with E-state index in [0.29, 0.717) is 5.56 Å². The molecule has 2 aromatic carbocycles. The standard InChI is InChI=1S/C30H33N3OS2/c1-21-13-12-14-22(19-21)28(34)33-24-16-10-11-18-26(24)36-30-27-23-15-8-6-4-2-3-5-7-9-17-25(23)35-29(27)31-20-32-30/h10-14,16,18-20H,2-9,15,17H2,1H3,(H,33,34). The van der Waals surface area contributed by atoms with Crippen LogP contribution >= 0.6 is 23.1 Å². The Labute approximate surface area is 222 Å². The summed E-state index contributed by atoms with van der Waals surface area (Å²) < 4.78 is 0. The van der Waals surface area contributed by atoms with Crippen LogP contribution < -0.4 is 5.32 Å². The number of nitrogens with zero attached hydrogens (tertiary/aromatic N) is 2. The van der Waals surface area contributed by atoms with Crippen LogP contribution in [0.5, 0.6) is 0 Å². The molecular formula is C30H33N3OS2. The quantitative estimate of drug-likeness (QED) is 0.276. The molecule has 0 bridgehead atoms. The van der Waals surface area contributed by atoms with Crippen LogP contribution in [0.1, 0.15) is 77.7 Å². The Morgan fingerprint density at radius 3 is 2.44 bits per heavy atom. The van der Waals surface area contributed by atoms with Crippen molar-refractivity contribution < 1.29 is 4.79 Å². The topological polar surface area (TPSA) is 54.9 Å². The molecule has 0 radical (unpaired) electrons. The molecule has 1 aliphatic carbocycles. The Morgan fingerprint density at radius 1 is 0.889 bits per heavy atom. The maximum absolute atomic E-state index is 13.0. The first kappa shape index (κ1) is 25.0. The second kappa shape index (κ2) is 12.0. The minimum Gasteiger partial charge on any atom is -0.321 e. The second-order valence-electron chi connectivity index (χ2n) is 9.61. The van der Waals surface area contributed by atoms with E-state index < -0.39 is 0 Å². The lowest BCUT2D eigenvalue weighted by atomic mass is 9.99. The number of hydrogen-bond donors (Lipinski definition) is 1. The van der Waals surface area contributed by atoms with Gasteiger partial charge in [-0.1, -0.05) is 80.1 Å². The number of carbonyl (C=O) groups is 1. The molecule has 1 N–H and O–H groups in total. The average molecular weight is 516 g/mol. The number of benzene rings is 2. The van der Waals surface area contributed by atoms with Crippen molar-refractivity contribution in [1.82, 2.24) is 9.97 Å². The predicted molar refractivity (Wildman–Crippen MR) is 151 cm³/mol. The molecule has 2 heterocycles. The Balaban J connectivity index is 1.45. The van der Waals surface area contributed by atoms with Gasteiger partial charge in [0.25, 0.3) is 5.91 Å². The molecule has 5 rings (SSSR count). The number of aromatic nitrogens is 2. The van der Waals surface area contributed by atoms with Crippen LogP contribution in [0.15, 0.2) is 64.8 Å². The molecule has 0 unspecified atom stereocenters.